The second-order valence-corrected chi connectivity index (χ2v) is 11.3. The third kappa shape index (κ3) is 6.69. The first-order valence-corrected chi connectivity index (χ1v) is 13.5. The zero-order valence-corrected chi connectivity index (χ0v) is 23.6. The van der Waals surface area contributed by atoms with Crippen molar-refractivity contribution >= 4 is 29.6 Å². The van der Waals surface area contributed by atoms with Gasteiger partial charge in [0.2, 0.25) is 0 Å². The van der Waals surface area contributed by atoms with E-state index in [9.17, 15) is 4.79 Å². The van der Waals surface area contributed by atoms with Gasteiger partial charge in [0.25, 0.3) is 5.91 Å². The first-order valence-electron chi connectivity index (χ1n) is 12.5. The summed E-state index contributed by atoms with van der Waals surface area (Å²) in [6.45, 7) is 8.64. The maximum absolute atomic E-state index is 12.5. The Balaban J connectivity index is 1.50. The minimum absolute atomic E-state index is 0.0652. The molecule has 0 atom stereocenters. The number of benzene rings is 3. The molecular formula is C30H34N6OS. The summed E-state index contributed by atoms with van der Waals surface area (Å²) in [4.78, 5) is 14.6. The van der Waals surface area contributed by atoms with Crippen molar-refractivity contribution in [3.8, 4) is 17.1 Å². The molecular weight excluding hydrogens is 492 g/mol. The highest BCUT2D eigenvalue weighted by Gasteiger charge is 2.19. The van der Waals surface area contributed by atoms with Crippen molar-refractivity contribution in [1.29, 1.82) is 0 Å². The Morgan fingerprint density at radius 1 is 0.974 bits per heavy atom. The summed E-state index contributed by atoms with van der Waals surface area (Å²) in [6.07, 6.45) is 1.64. The first kappa shape index (κ1) is 27.1. The molecule has 4 aromatic rings. The van der Waals surface area contributed by atoms with Gasteiger partial charge in [0.15, 0.2) is 11.0 Å². The summed E-state index contributed by atoms with van der Waals surface area (Å²) in [5.41, 5.74) is 9.01. The van der Waals surface area contributed by atoms with Crippen LogP contribution in [0, 0.1) is 6.92 Å². The highest BCUT2D eigenvalue weighted by Crippen LogP contribution is 2.30. The lowest BCUT2D eigenvalue weighted by molar-refractivity contribution is -0.118. The molecule has 1 heterocycles. The Kier molecular flexibility index (Phi) is 8.32. The summed E-state index contributed by atoms with van der Waals surface area (Å²) in [5, 5.41) is 13.7. The normalized spacial score (nSPS) is 11.6. The van der Waals surface area contributed by atoms with Crippen LogP contribution in [0.15, 0.2) is 83.1 Å². The van der Waals surface area contributed by atoms with Gasteiger partial charge in [-0.05, 0) is 47.7 Å². The molecule has 0 fully saturated rings. The van der Waals surface area contributed by atoms with Gasteiger partial charge in [0.05, 0.1) is 12.0 Å². The number of rotatable bonds is 8. The van der Waals surface area contributed by atoms with Gasteiger partial charge < -0.3 is 4.90 Å². The Bertz CT molecular complexity index is 1400. The molecule has 196 valence electrons. The number of anilines is 1. The molecule has 8 heteroatoms. The number of aryl methyl sites for hydroxylation is 1. The lowest BCUT2D eigenvalue weighted by atomic mass is 9.87. The highest BCUT2D eigenvalue weighted by atomic mass is 32.2. The van der Waals surface area contributed by atoms with Crippen LogP contribution in [0.25, 0.3) is 17.1 Å². The lowest BCUT2D eigenvalue weighted by Gasteiger charge is -2.19. The van der Waals surface area contributed by atoms with E-state index < -0.39 is 0 Å². The number of hydrogen-bond acceptors (Lipinski definition) is 6. The van der Waals surface area contributed by atoms with Crippen LogP contribution in [0.1, 0.15) is 37.5 Å². The topological polar surface area (TPSA) is 75.4 Å². The van der Waals surface area contributed by atoms with Gasteiger partial charge in [-0.3, -0.25) is 9.36 Å². The fourth-order valence-electron chi connectivity index (χ4n) is 3.80. The van der Waals surface area contributed by atoms with Crippen LogP contribution < -0.4 is 10.3 Å². The molecule has 0 bridgehead atoms. The molecule has 3 aromatic carbocycles. The van der Waals surface area contributed by atoms with E-state index in [2.05, 4.69) is 84.8 Å². The molecule has 1 aromatic heterocycles. The van der Waals surface area contributed by atoms with Crippen molar-refractivity contribution in [2.75, 3.05) is 24.7 Å². The van der Waals surface area contributed by atoms with E-state index in [1.165, 1.54) is 22.9 Å². The average Bonchev–Trinajstić information content (AvgIpc) is 3.32. The van der Waals surface area contributed by atoms with E-state index in [1.54, 1.807) is 6.21 Å². The average molecular weight is 527 g/mol. The summed E-state index contributed by atoms with van der Waals surface area (Å²) < 4.78 is 2.00. The standard InChI is InChI=1S/C30H34N6OS/c1-21-7-15-26(16-8-21)36-28(23-11-13-24(14-12-23)30(2,3)4)33-34-29(36)38-20-27(37)32-31-19-22-9-17-25(18-10-22)35(5)6/h7-19H,20H2,1-6H3,(H,32,37)/b31-19-. The van der Waals surface area contributed by atoms with E-state index in [-0.39, 0.29) is 17.1 Å². The molecule has 0 unspecified atom stereocenters. The second kappa shape index (κ2) is 11.6. The third-order valence-electron chi connectivity index (χ3n) is 6.08. The molecule has 0 saturated heterocycles. The van der Waals surface area contributed by atoms with Crippen LogP contribution in [0.3, 0.4) is 0 Å². The van der Waals surface area contributed by atoms with Crippen LogP contribution >= 0.6 is 11.8 Å². The summed E-state index contributed by atoms with van der Waals surface area (Å²) in [5.74, 6) is 0.672. The molecule has 0 radical (unpaired) electrons. The van der Waals surface area contributed by atoms with E-state index in [1.807, 2.05) is 60.0 Å². The Labute approximate surface area is 229 Å². The maximum atomic E-state index is 12.5. The molecule has 4 rings (SSSR count). The van der Waals surface area contributed by atoms with Crippen molar-refractivity contribution in [1.82, 2.24) is 20.2 Å². The van der Waals surface area contributed by atoms with Crippen LogP contribution in [-0.4, -0.2) is 46.7 Å². The number of aromatic nitrogens is 3. The molecule has 0 aliphatic heterocycles. The van der Waals surface area contributed by atoms with Crippen LogP contribution in [0.4, 0.5) is 5.69 Å². The third-order valence-corrected chi connectivity index (χ3v) is 7.01. The molecule has 0 saturated carbocycles. The Morgan fingerprint density at radius 3 is 2.24 bits per heavy atom. The SMILES string of the molecule is Cc1ccc(-n2c(SCC(=O)N/N=C\c3ccc(N(C)C)cc3)nnc2-c2ccc(C(C)(C)C)cc2)cc1. The van der Waals surface area contributed by atoms with Gasteiger partial charge in [-0.15, -0.1) is 10.2 Å². The molecule has 0 aliphatic rings. The van der Waals surface area contributed by atoms with Gasteiger partial charge in [0, 0.05) is 31.0 Å². The van der Waals surface area contributed by atoms with Crippen molar-refractivity contribution in [3.63, 3.8) is 0 Å². The van der Waals surface area contributed by atoms with Gasteiger partial charge in [-0.25, -0.2) is 5.43 Å². The predicted molar refractivity (Wildman–Crippen MR) is 157 cm³/mol. The summed E-state index contributed by atoms with van der Waals surface area (Å²) in [7, 11) is 3.98. The molecule has 38 heavy (non-hydrogen) atoms. The lowest BCUT2D eigenvalue weighted by Crippen LogP contribution is -2.20. The zero-order chi connectivity index (χ0) is 27.3. The number of hydrazone groups is 1. The number of carbonyl (C=O) groups is 1. The van der Waals surface area contributed by atoms with Gasteiger partial charge in [-0.1, -0.05) is 86.6 Å². The van der Waals surface area contributed by atoms with Crippen molar-refractivity contribution in [3.05, 3.63) is 89.5 Å². The van der Waals surface area contributed by atoms with Crippen LogP contribution in [-0.2, 0) is 10.2 Å². The van der Waals surface area contributed by atoms with Gasteiger partial charge in [0.1, 0.15) is 0 Å². The van der Waals surface area contributed by atoms with Gasteiger partial charge >= 0.3 is 0 Å². The fourth-order valence-corrected chi connectivity index (χ4v) is 4.54. The quantitative estimate of drug-likeness (QED) is 0.177. The van der Waals surface area contributed by atoms with E-state index in [0.717, 1.165) is 28.3 Å². The zero-order valence-electron chi connectivity index (χ0n) is 22.8. The number of carbonyl (C=O) groups excluding carboxylic acids is 1. The fraction of sp³-hybridized carbons (Fsp3) is 0.267. The number of nitrogens with one attached hydrogen (secondary N) is 1. The van der Waals surface area contributed by atoms with Crippen molar-refractivity contribution in [2.24, 2.45) is 5.10 Å². The number of amides is 1. The predicted octanol–water partition coefficient (Wildman–Crippen LogP) is 5.85. The smallest absolute Gasteiger partial charge is 0.250 e. The van der Waals surface area contributed by atoms with E-state index in [4.69, 9.17) is 0 Å². The van der Waals surface area contributed by atoms with E-state index >= 15 is 0 Å². The molecule has 1 amide bonds. The summed E-state index contributed by atoms with van der Waals surface area (Å²) in [6, 6.07) is 24.6. The number of thioether (sulfide) groups is 1. The Morgan fingerprint density at radius 2 is 1.63 bits per heavy atom. The van der Waals surface area contributed by atoms with Crippen LogP contribution in [0.2, 0.25) is 0 Å². The van der Waals surface area contributed by atoms with Crippen LogP contribution in [0.5, 0.6) is 0 Å². The number of hydrogen-bond donors (Lipinski definition) is 1. The number of nitrogens with zero attached hydrogens (tertiary/aromatic N) is 5. The first-order chi connectivity index (χ1) is 18.1. The second-order valence-electron chi connectivity index (χ2n) is 10.4. The Hall–Kier alpha value is -3.91. The summed E-state index contributed by atoms with van der Waals surface area (Å²) >= 11 is 1.33. The molecule has 0 aliphatic carbocycles. The highest BCUT2D eigenvalue weighted by molar-refractivity contribution is 7.99. The maximum Gasteiger partial charge on any atom is 0.250 e. The molecule has 7 nitrogen and oxygen atoms in total. The molecule has 0 spiro atoms. The minimum atomic E-state index is -0.217. The molecule has 1 N–H and O–H groups in total. The monoisotopic (exact) mass is 526 g/mol. The minimum Gasteiger partial charge on any atom is -0.378 e. The van der Waals surface area contributed by atoms with E-state index in [0.29, 0.717) is 5.16 Å². The van der Waals surface area contributed by atoms with Gasteiger partial charge in [-0.2, -0.15) is 5.10 Å². The van der Waals surface area contributed by atoms with Crippen molar-refractivity contribution in [2.45, 2.75) is 38.3 Å². The largest absolute Gasteiger partial charge is 0.378 e. The van der Waals surface area contributed by atoms with Crippen molar-refractivity contribution < 1.29 is 4.79 Å².